The Morgan fingerprint density at radius 3 is 2.54 bits per heavy atom. The highest BCUT2D eigenvalue weighted by Crippen LogP contribution is 2.46. The molecule has 4 nitrogen and oxygen atoms in total. The zero-order chi connectivity index (χ0) is 17.5. The standard InChI is InChI=1S/C20H31NO3/c1-13(2)8-15-12-21-7-6-14-9-18(23-4)19(24-5)10-16(14)17(21)11-20(15,3)22/h9-10,13,15,17,22H,6-8,11-12H2,1-5H3/t15-,17-,20+/m1/s1. The Balaban J connectivity index is 1.92. The Bertz CT molecular complexity index is 597. The molecule has 2 aliphatic rings. The van der Waals surface area contributed by atoms with Crippen molar-refractivity contribution in [2.24, 2.45) is 11.8 Å². The van der Waals surface area contributed by atoms with E-state index in [1.54, 1.807) is 14.2 Å². The van der Waals surface area contributed by atoms with Gasteiger partial charge in [0.05, 0.1) is 19.8 Å². The number of hydrogen-bond donors (Lipinski definition) is 1. The molecule has 2 heterocycles. The first-order valence-corrected chi connectivity index (χ1v) is 9.07. The highest BCUT2D eigenvalue weighted by Gasteiger charge is 2.44. The maximum atomic E-state index is 11.1. The zero-order valence-electron chi connectivity index (χ0n) is 15.6. The van der Waals surface area contributed by atoms with Crippen LogP contribution in [-0.4, -0.2) is 42.9 Å². The fourth-order valence-electron chi connectivity index (χ4n) is 4.47. The number of ether oxygens (including phenoxy) is 2. The van der Waals surface area contributed by atoms with Crippen molar-refractivity contribution in [3.05, 3.63) is 23.3 Å². The van der Waals surface area contributed by atoms with Crippen LogP contribution in [0.25, 0.3) is 0 Å². The Hall–Kier alpha value is -1.26. The van der Waals surface area contributed by atoms with Gasteiger partial charge in [0, 0.05) is 25.0 Å². The minimum absolute atomic E-state index is 0.270. The summed E-state index contributed by atoms with van der Waals surface area (Å²) >= 11 is 0. The first-order chi connectivity index (χ1) is 11.4. The van der Waals surface area contributed by atoms with E-state index in [1.807, 2.05) is 6.92 Å². The molecular formula is C20H31NO3. The van der Waals surface area contributed by atoms with Crippen molar-refractivity contribution in [3.63, 3.8) is 0 Å². The molecule has 3 atom stereocenters. The van der Waals surface area contributed by atoms with Gasteiger partial charge in [-0.15, -0.1) is 0 Å². The van der Waals surface area contributed by atoms with Gasteiger partial charge in [-0.2, -0.15) is 0 Å². The van der Waals surface area contributed by atoms with Gasteiger partial charge in [-0.05, 0) is 55.4 Å². The first-order valence-electron chi connectivity index (χ1n) is 9.07. The molecule has 0 aliphatic carbocycles. The minimum Gasteiger partial charge on any atom is -0.493 e. The van der Waals surface area contributed by atoms with Gasteiger partial charge in [0.1, 0.15) is 0 Å². The van der Waals surface area contributed by atoms with Crippen molar-refractivity contribution in [3.8, 4) is 11.5 Å². The number of piperidine rings is 1. The Morgan fingerprint density at radius 2 is 1.92 bits per heavy atom. The SMILES string of the molecule is COc1cc2c(cc1OC)[C@H]1C[C@](C)(O)[C@H](CC(C)C)CN1CC2. The predicted molar refractivity (Wildman–Crippen MR) is 95.7 cm³/mol. The van der Waals surface area contributed by atoms with E-state index >= 15 is 0 Å². The molecule has 0 radical (unpaired) electrons. The van der Waals surface area contributed by atoms with Crippen LogP contribution in [0.2, 0.25) is 0 Å². The normalized spacial score (nSPS) is 30.0. The lowest BCUT2D eigenvalue weighted by molar-refractivity contribution is -0.0910. The van der Waals surface area contributed by atoms with Crippen LogP contribution < -0.4 is 9.47 Å². The summed E-state index contributed by atoms with van der Waals surface area (Å²) in [7, 11) is 3.36. The molecule has 0 unspecified atom stereocenters. The van der Waals surface area contributed by atoms with Crippen molar-refractivity contribution in [2.75, 3.05) is 27.3 Å². The molecule has 2 aliphatic heterocycles. The van der Waals surface area contributed by atoms with Gasteiger partial charge in [0.25, 0.3) is 0 Å². The van der Waals surface area contributed by atoms with Crippen molar-refractivity contribution in [1.29, 1.82) is 0 Å². The van der Waals surface area contributed by atoms with Gasteiger partial charge in [-0.25, -0.2) is 0 Å². The lowest BCUT2D eigenvalue weighted by atomic mass is 9.72. The molecular weight excluding hydrogens is 302 g/mol. The molecule has 1 N–H and O–H groups in total. The van der Waals surface area contributed by atoms with Gasteiger partial charge in [-0.1, -0.05) is 13.8 Å². The van der Waals surface area contributed by atoms with Crippen LogP contribution in [0.1, 0.15) is 50.8 Å². The van der Waals surface area contributed by atoms with Gasteiger partial charge in [-0.3, -0.25) is 4.90 Å². The molecule has 24 heavy (non-hydrogen) atoms. The highest BCUT2D eigenvalue weighted by molar-refractivity contribution is 5.49. The largest absolute Gasteiger partial charge is 0.493 e. The highest BCUT2D eigenvalue weighted by atomic mass is 16.5. The lowest BCUT2D eigenvalue weighted by Gasteiger charge is -2.50. The molecule has 134 valence electrons. The summed E-state index contributed by atoms with van der Waals surface area (Å²) < 4.78 is 11.0. The molecule has 0 saturated carbocycles. The van der Waals surface area contributed by atoms with Crippen molar-refractivity contribution < 1.29 is 14.6 Å². The van der Waals surface area contributed by atoms with Gasteiger partial charge in [0.15, 0.2) is 11.5 Å². The van der Waals surface area contributed by atoms with Crippen LogP contribution in [-0.2, 0) is 6.42 Å². The van der Waals surface area contributed by atoms with E-state index in [9.17, 15) is 5.11 Å². The Morgan fingerprint density at radius 1 is 1.25 bits per heavy atom. The fourth-order valence-corrected chi connectivity index (χ4v) is 4.47. The monoisotopic (exact) mass is 333 g/mol. The molecule has 1 aromatic rings. The third-order valence-corrected chi connectivity index (χ3v) is 5.81. The molecule has 0 aromatic heterocycles. The maximum Gasteiger partial charge on any atom is 0.161 e. The van der Waals surface area contributed by atoms with Gasteiger partial charge < -0.3 is 14.6 Å². The third-order valence-electron chi connectivity index (χ3n) is 5.81. The second kappa shape index (κ2) is 6.57. The molecule has 3 rings (SSSR count). The molecule has 0 amide bonds. The number of methoxy groups -OCH3 is 2. The molecule has 1 saturated heterocycles. The summed E-state index contributed by atoms with van der Waals surface area (Å²) in [6.07, 6.45) is 2.89. The average Bonchev–Trinajstić information content (AvgIpc) is 2.53. The molecule has 0 spiro atoms. The van der Waals surface area contributed by atoms with Crippen molar-refractivity contribution >= 4 is 0 Å². The van der Waals surface area contributed by atoms with Crippen LogP contribution in [0, 0.1) is 11.8 Å². The Labute approximate surface area is 145 Å². The van der Waals surface area contributed by atoms with Crippen LogP contribution in [0.15, 0.2) is 12.1 Å². The summed E-state index contributed by atoms with van der Waals surface area (Å²) in [5.74, 6) is 2.53. The zero-order valence-corrected chi connectivity index (χ0v) is 15.6. The van der Waals surface area contributed by atoms with E-state index in [-0.39, 0.29) is 6.04 Å². The fraction of sp³-hybridized carbons (Fsp3) is 0.700. The second-order valence-electron chi connectivity index (χ2n) is 8.05. The number of benzene rings is 1. The summed E-state index contributed by atoms with van der Waals surface area (Å²) in [6.45, 7) is 8.53. The number of rotatable bonds is 4. The quantitative estimate of drug-likeness (QED) is 0.917. The summed E-state index contributed by atoms with van der Waals surface area (Å²) in [6, 6.07) is 4.50. The number of hydrogen-bond acceptors (Lipinski definition) is 4. The predicted octanol–water partition coefficient (Wildman–Crippen LogP) is 3.42. The van der Waals surface area contributed by atoms with Crippen LogP contribution in [0.4, 0.5) is 0 Å². The van der Waals surface area contributed by atoms with Crippen LogP contribution in [0.5, 0.6) is 11.5 Å². The van der Waals surface area contributed by atoms with Crippen LogP contribution >= 0.6 is 0 Å². The topological polar surface area (TPSA) is 41.9 Å². The molecule has 0 bridgehead atoms. The van der Waals surface area contributed by atoms with E-state index < -0.39 is 5.60 Å². The summed E-state index contributed by atoms with van der Waals surface area (Å²) in [4.78, 5) is 2.55. The van der Waals surface area contributed by atoms with E-state index in [1.165, 1.54) is 11.1 Å². The summed E-state index contributed by atoms with van der Waals surface area (Å²) in [5, 5.41) is 11.1. The summed E-state index contributed by atoms with van der Waals surface area (Å²) in [5.41, 5.74) is 2.00. The molecule has 1 aromatic carbocycles. The van der Waals surface area contributed by atoms with E-state index in [4.69, 9.17) is 9.47 Å². The maximum absolute atomic E-state index is 11.1. The van der Waals surface area contributed by atoms with Crippen molar-refractivity contribution in [2.45, 2.75) is 51.7 Å². The number of fused-ring (bicyclic) bond motifs is 3. The van der Waals surface area contributed by atoms with Gasteiger partial charge in [0.2, 0.25) is 0 Å². The van der Waals surface area contributed by atoms with E-state index in [2.05, 4.69) is 30.9 Å². The number of nitrogens with zero attached hydrogens (tertiary/aromatic N) is 1. The van der Waals surface area contributed by atoms with Crippen LogP contribution in [0.3, 0.4) is 0 Å². The smallest absolute Gasteiger partial charge is 0.161 e. The van der Waals surface area contributed by atoms with Gasteiger partial charge >= 0.3 is 0 Å². The Kier molecular flexibility index (Phi) is 4.80. The second-order valence-corrected chi connectivity index (χ2v) is 8.05. The number of aliphatic hydroxyl groups is 1. The van der Waals surface area contributed by atoms with E-state index in [0.29, 0.717) is 11.8 Å². The molecule has 4 heteroatoms. The molecule has 1 fully saturated rings. The first kappa shape index (κ1) is 17.6. The third kappa shape index (κ3) is 3.14. The van der Waals surface area contributed by atoms with E-state index in [0.717, 1.165) is 43.9 Å². The lowest BCUT2D eigenvalue weighted by Crippen LogP contribution is -2.53. The average molecular weight is 333 g/mol. The van der Waals surface area contributed by atoms with Crippen molar-refractivity contribution in [1.82, 2.24) is 4.90 Å². The minimum atomic E-state index is -0.618.